The molecule has 9 nitrogen and oxygen atoms in total. The Hall–Kier alpha value is -2.84. The molecule has 1 atom stereocenters. The van der Waals surface area contributed by atoms with Crippen molar-refractivity contribution < 1.29 is 4.79 Å². The molecule has 1 fully saturated rings. The number of nitrogens with one attached hydrogen (secondary N) is 1. The lowest BCUT2D eigenvalue weighted by Gasteiger charge is -2.32. The average molecular weight is 312 g/mol. The first-order chi connectivity index (χ1) is 11.3. The van der Waals surface area contributed by atoms with Gasteiger partial charge in [0.2, 0.25) is 5.65 Å². The second-order valence-electron chi connectivity index (χ2n) is 5.77. The summed E-state index contributed by atoms with van der Waals surface area (Å²) in [6.07, 6.45) is 6.89. The number of fused-ring (bicyclic) bond motifs is 1. The number of amides is 1. The summed E-state index contributed by atoms with van der Waals surface area (Å²) < 4.78 is 1.82. The molecule has 4 heterocycles. The third-order valence-electron chi connectivity index (χ3n) is 4.14. The molecule has 23 heavy (non-hydrogen) atoms. The van der Waals surface area contributed by atoms with Gasteiger partial charge in [0, 0.05) is 25.8 Å². The van der Waals surface area contributed by atoms with Crippen LogP contribution in [0.4, 0.5) is 0 Å². The molecule has 0 aromatic carbocycles. The highest BCUT2D eigenvalue weighted by molar-refractivity contribution is 5.96. The molecular weight excluding hydrogens is 296 g/mol. The van der Waals surface area contributed by atoms with E-state index in [-0.39, 0.29) is 5.91 Å². The number of pyridine rings is 1. The molecule has 1 aliphatic heterocycles. The van der Waals surface area contributed by atoms with Gasteiger partial charge in [-0.1, -0.05) is 0 Å². The SMILES string of the molecule is O=C(c1cnc2n[nH]nc2c1)N1CCCC(Cn2cncn2)C1. The third-order valence-corrected chi connectivity index (χ3v) is 4.14. The fourth-order valence-corrected chi connectivity index (χ4v) is 3.03. The molecule has 4 rings (SSSR count). The highest BCUT2D eigenvalue weighted by atomic mass is 16.2. The lowest BCUT2D eigenvalue weighted by atomic mass is 9.97. The van der Waals surface area contributed by atoms with Crippen molar-refractivity contribution in [2.75, 3.05) is 13.1 Å². The number of nitrogens with zero attached hydrogens (tertiary/aromatic N) is 7. The van der Waals surface area contributed by atoms with Gasteiger partial charge >= 0.3 is 0 Å². The molecule has 1 amide bonds. The van der Waals surface area contributed by atoms with Gasteiger partial charge in [0.1, 0.15) is 18.2 Å². The van der Waals surface area contributed by atoms with Crippen LogP contribution in [0.1, 0.15) is 23.2 Å². The Labute approximate surface area is 131 Å². The predicted octanol–water partition coefficient (Wildman–Crippen LogP) is 0.497. The van der Waals surface area contributed by atoms with E-state index >= 15 is 0 Å². The van der Waals surface area contributed by atoms with Crippen molar-refractivity contribution in [3.05, 3.63) is 30.5 Å². The van der Waals surface area contributed by atoms with Crippen LogP contribution in [0, 0.1) is 5.92 Å². The number of hydrogen-bond donors (Lipinski definition) is 1. The molecule has 118 valence electrons. The maximum absolute atomic E-state index is 12.7. The van der Waals surface area contributed by atoms with Crippen LogP contribution in [0.3, 0.4) is 0 Å². The average Bonchev–Trinajstić information content (AvgIpc) is 3.25. The Morgan fingerprint density at radius 1 is 1.39 bits per heavy atom. The van der Waals surface area contributed by atoms with Gasteiger partial charge in [-0.3, -0.25) is 9.48 Å². The van der Waals surface area contributed by atoms with Crippen molar-refractivity contribution in [3.63, 3.8) is 0 Å². The molecule has 1 N–H and O–H groups in total. The molecule has 0 spiro atoms. The van der Waals surface area contributed by atoms with Gasteiger partial charge in [0.05, 0.1) is 5.56 Å². The summed E-state index contributed by atoms with van der Waals surface area (Å²) in [4.78, 5) is 22.7. The summed E-state index contributed by atoms with van der Waals surface area (Å²) in [6, 6.07) is 1.73. The zero-order valence-electron chi connectivity index (χ0n) is 12.5. The Morgan fingerprint density at radius 3 is 3.22 bits per heavy atom. The standard InChI is InChI=1S/C14H16N8O/c23-14(11-4-12-13(16-5-11)19-20-18-12)21-3-1-2-10(6-21)7-22-9-15-8-17-22/h4-5,8-10H,1-3,6-7H2,(H,16,18,19,20). The van der Waals surface area contributed by atoms with Crippen LogP contribution in [0.15, 0.2) is 24.9 Å². The number of piperidine rings is 1. The Morgan fingerprint density at radius 2 is 2.35 bits per heavy atom. The number of carbonyl (C=O) groups excluding carboxylic acids is 1. The van der Waals surface area contributed by atoms with E-state index in [0.29, 0.717) is 22.6 Å². The van der Waals surface area contributed by atoms with Crippen LogP contribution in [-0.2, 0) is 6.54 Å². The summed E-state index contributed by atoms with van der Waals surface area (Å²) >= 11 is 0. The molecule has 0 aliphatic carbocycles. The summed E-state index contributed by atoms with van der Waals surface area (Å²) in [5, 5.41) is 14.5. The fourth-order valence-electron chi connectivity index (χ4n) is 3.03. The van der Waals surface area contributed by atoms with Gasteiger partial charge < -0.3 is 4.90 Å². The van der Waals surface area contributed by atoms with Crippen molar-refractivity contribution in [2.24, 2.45) is 5.92 Å². The maximum atomic E-state index is 12.7. The Kier molecular flexibility index (Phi) is 3.45. The molecule has 1 unspecified atom stereocenters. The second-order valence-corrected chi connectivity index (χ2v) is 5.77. The number of aromatic amines is 1. The Balaban J connectivity index is 1.48. The smallest absolute Gasteiger partial charge is 0.255 e. The molecule has 9 heteroatoms. The summed E-state index contributed by atoms with van der Waals surface area (Å²) in [7, 11) is 0. The van der Waals surface area contributed by atoms with E-state index in [4.69, 9.17) is 0 Å². The van der Waals surface area contributed by atoms with Crippen molar-refractivity contribution in [1.29, 1.82) is 0 Å². The van der Waals surface area contributed by atoms with Gasteiger partial charge in [-0.05, 0) is 24.8 Å². The molecule has 1 aliphatic rings. The molecule has 1 saturated heterocycles. The number of hydrogen-bond acceptors (Lipinski definition) is 6. The largest absolute Gasteiger partial charge is 0.338 e. The minimum Gasteiger partial charge on any atom is -0.338 e. The van der Waals surface area contributed by atoms with Gasteiger partial charge in [-0.25, -0.2) is 9.97 Å². The summed E-state index contributed by atoms with van der Waals surface area (Å²) in [5.41, 5.74) is 1.67. The highest BCUT2D eigenvalue weighted by Gasteiger charge is 2.25. The summed E-state index contributed by atoms with van der Waals surface area (Å²) in [6.45, 7) is 2.27. The first-order valence-corrected chi connectivity index (χ1v) is 7.58. The monoisotopic (exact) mass is 312 g/mol. The van der Waals surface area contributed by atoms with Crippen LogP contribution in [0.25, 0.3) is 11.2 Å². The number of likely N-dealkylation sites (tertiary alicyclic amines) is 1. The van der Waals surface area contributed by atoms with E-state index in [9.17, 15) is 4.79 Å². The molecule has 0 bridgehead atoms. The number of carbonyl (C=O) groups is 1. The first-order valence-electron chi connectivity index (χ1n) is 7.58. The minimum atomic E-state index is -0.00862. The Bertz CT molecular complexity index is 811. The van der Waals surface area contributed by atoms with Crippen LogP contribution in [-0.4, -0.2) is 59.1 Å². The van der Waals surface area contributed by atoms with Crippen LogP contribution in [0.5, 0.6) is 0 Å². The lowest BCUT2D eigenvalue weighted by Crippen LogP contribution is -2.41. The molecule has 0 saturated carbocycles. The van der Waals surface area contributed by atoms with Crippen molar-refractivity contribution in [3.8, 4) is 0 Å². The van der Waals surface area contributed by atoms with E-state index in [1.807, 2.05) is 9.58 Å². The van der Waals surface area contributed by atoms with Crippen molar-refractivity contribution in [1.82, 2.24) is 40.1 Å². The fraction of sp³-hybridized carbons (Fsp3) is 0.429. The molecule has 3 aromatic heterocycles. The van der Waals surface area contributed by atoms with Gasteiger partial charge in [0.15, 0.2) is 0 Å². The lowest BCUT2D eigenvalue weighted by molar-refractivity contribution is 0.0659. The quantitative estimate of drug-likeness (QED) is 0.755. The van der Waals surface area contributed by atoms with E-state index in [1.165, 1.54) is 6.33 Å². The zero-order valence-corrected chi connectivity index (χ0v) is 12.5. The predicted molar refractivity (Wildman–Crippen MR) is 80.3 cm³/mol. The zero-order chi connectivity index (χ0) is 15.6. The molecule has 3 aromatic rings. The maximum Gasteiger partial charge on any atom is 0.255 e. The van der Waals surface area contributed by atoms with Crippen LogP contribution < -0.4 is 0 Å². The first kappa shape index (κ1) is 13.8. The minimum absolute atomic E-state index is 0.00862. The topological polar surface area (TPSA) is 105 Å². The normalized spacial score (nSPS) is 18.4. The van der Waals surface area contributed by atoms with E-state index in [2.05, 4.69) is 30.5 Å². The third kappa shape index (κ3) is 2.77. The highest BCUT2D eigenvalue weighted by Crippen LogP contribution is 2.20. The van der Waals surface area contributed by atoms with Gasteiger partial charge in [0.25, 0.3) is 5.91 Å². The molecular formula is C14H16N8O. The van der Waals surface area contributed by atoms with Crippen LogP contribution in [0.2, 0.25) is 0 Å². The van der Waals surface area contributed by atoms with E-state index < -0.39 is 0 Å². The van der Waals surface area contributed by atoms with Crippen LogP contribution >= 0.6 is 0 Å². The number of H-pyrrole nitrogens is 1. The number of rotatable bonds is 3. The van der Waals surface area contributed by atoms with Crippen molar-refractivity contribution >= 4 is 17.1 Å². The second kappa shape index (κ2) is 5.75. The molecule has 0 radical (unpaired) electrons. The summed E-state index contributed by atoms with van der Waals surface area (Å²) in [5.74, 6) is 0.379. The van der Waals surface area contributed by atoms with Crippen molar-refractivity contribution in [2.45, 2.75) is 19.4 Å². The van der Waals surface area contributed by atoms with Gasteiger partial charge in [-0.2, -0.15) is 15.4 Å². The van der Waals surface area contributed by atoms with E-state index in [1.54, 1.807) is 18.6 Å². The number of aromatic nitrogens is 7. The van der Waals surface area contributed by atoms with Gasteiger partial charge in [-0.15, -0.1) is 5.10 Å². The van der Waals surface area contributed by atoms with E-state index in [0.717, 1.165) is 32.5 Å².